The summed E-state index contributed by atoms with van der Waals surface area (Å²) in [5.74, 6) is 0.820. The zero-order valence-corrected chi connectivity index (χ0v) is 12.7. The summed E-state index contributed by atoms with van der Waals surface area (Å²) < 4.78 is 5.73. The average Bonchev–Trinajstić information content (AvgIpc) is 2.37. The highest BCUT2D eigenvalue weighted by Gasteiger charge is 2.16. The second-order valence-electron chi connectivity index (χ2n) is 5.05. The first-order chi connectivity index (χ1) is 8.97. The third kappa shape index (κ3) is 4.67. The van der Waals surface area contributed by atoms with Crippen molar-refractivity contribution in [3.8, 4) is 5.75 Å². The minimum absolute atomic E-state index is 0.0720. The van der Waals surface area contributed by atoms with Gasteiger partial charge in [0.1, 0.15) is 5.75 Å². The molecule has 0 amide bonds. The minimum atomic E-state index is 0.0720. The molecular weight excluding hydrogens is 238 g/mol. The van der Waals surface area contributed by atoms with Crippen LogP contribution < -0.4 is 4.74 Å². The van der Waals surface area contributed by atoms with Crippen molar-refractivity contribution in [2.45, 2.75) is 40.7 Å². The predicted octanol–water partition coefficient (Wildman–Crippen LogP) is 3.31. The lowest BCUT2D eigenvalue weighted by molar-refractivity contribution is 0.0931. The highest BCUT2D eigenvalue weighted by molar-refractivity contribution is 6.00. The summed E-state index contributed by atoms with van der Waals surface area (Å²) in [5, 5.41) is 0. The summed E-state index contributed by atoms with van der Waals surface area (Å²) >= 11 is 0. The molecule has 19 heavy (non-hydrogen) atoms. The molecule has 0 spiro atoms. The first-order valence-corrected chi connectivity index (χ1v) is 7.00. The highest BCUT2D eigenvalue weighted by atomic mass is 16.5. The van der Waals surface area contributed by atoms with Gasteiger partial charge in [-0.3, -0.25) is 9.69 Å². The third-order valence-corrected chi connectivity index (χ3v) is 3.06. The Balaban J connectivity index is 2.96. The second-order valence-corrected chi connectivity index (χ2v) is 5.05. The number of Topliss-reactive ketones (excluding diaryl/α,β-unsaturated/α-hetero) is 1. The Morgan fingerprint density at radius 2 is 1.89 bits per heavy atom. The van der Waals surface area contributed by atoms with E-state index in [4.69, 9.17) is 4.74 Å². The molecule has 1 aromatic rings. The second kappa shape index (κ2) is 7.29. The van der Waals surface area contributed by atoms with Crippen molar-refractivity contribution < 1.29 is 9.53 Å². The van der Waals surface area contributed by atoms with Gasteiger partial charge >= 0.3 is 0 Å². The molecule has 0 N–H and O–H groups in total. The molecule has 0 bridgehead atoms. The van der Waals surface area contributed by atoms with Gasteiger partial charge < -0.3 is 4.74 Å². The number of carbonyl (C=O) groups is 1. The highest BCUT2D eigenvalue weighted by Crippen LogP contribution is 2.22. The zero-order chi connectivity index (χ0) is 14.4. The van der Waals surface area contributed by atoms with Gasteiger partial charge in [-0.1, -0.05) is 25.5 Å². The Labute approximate surface area is 116 Å². The first kappa shape index (κ1) is 15.7. The summed E-state index contributed by atoms with van der Waals surface area (Å²) in [7, 11) is 0. The van der Waals surface area contributed by atoms with Crippen LogP contribution in [-0.4, -0.2) is 36.4 Å². The van der Waals surface area contributed by atoms with Crippen molar-refractivity contribution in [3.05, 3.63) is 29.3 Å². The van der Waals surface area contributed by atoms with Gasteiger partial charge in [-0.15, -0.1) is 0 Å². The molecule has 0 saturated heterocycles. The van der Waals surface area contributed by atoms with E-state index in [0.717, 1.165) is 18.7 Å². The van der Waals surface area contributed by atoms with Crippen LogP contribution in [0.3, 0.4) is 0 Å². The van der Waals surface area contributed by atoms with Crippen LogP contribution in [0.1, 0.15) is 43.6 Å². The van der Waals surface area contributed by atoms with Crippen LogP contribution in [0.4, 0.5) is 0 Å². The van der Waals surface area contributed by atoms with Crippen LogP contribution in [0.2, 0.25) is 0 Å². The van der Waals surface area contributed by atoms with E-state index in [0.29, 0.717) is 17.9 Å². The minimum Gasteiger partial charge on any atom is -0.490 e. The van der Waals surface area contributed by atoms with Gasteiger partial charge in [0.05, 0.1) is 18.2 Å². The van der Waals surface area contributed by atoms with Gasteiger partial charge in [0, 0.05) is 0 Å². The quantitative estimate of drug-likeness (QED) is 0.707. The molecule has 0 atom stereocenters. The summed E-state index contributed by atoms with van der Waals surface area (Å²) in [5.41, 5.74) is 1.78. The Bertz CT molecular complexity index is 423. The molecule has 1 rings (SSSR count). The molecule has 0 heterocycles. The smallest absolute Gasteiger partial charge is 0.180 e. The van der Waals surface area contributed by atoms with E-state index in [1.54, 1.807) is 0 Å². The van der Waals surface area contributed by atoms with Crippen molar-refractivity contribution in [2.24, 2.45) is 0 Å². The maximum atomic E-state index is 12.4. The topological polar surface area (TPSA) is 29.5 Å². The molecule has 0 radical (unpaired) electrons. The van der Waals surface area contributed by atoms with E-state index in [-0.39, 0.29) is 11.9 Å². The van der Waals surface area contributed by atoms with E-state index in [1.165, 1.54) is 0 Å². The van der Waals surface area contributed by atoms with E-state index >= 15 is 0 Å². The fourth-order valence-electron chi connectivity index (χ4n) is 1.95. The Morgan fingerprint density at radius 1 is 1.26 bits per heavy atom. The van der Waals surface area contributed by atoms with E-state index in [2.05, 4.69) is 18.7 Å². The van der Waals surface area contributed by atoms with Crippen LogP contribution >= 0.6 is 0 Å². The van der Waals surface area contributed by atoms with Crippen LogP contribution in [0.15, 0.2) is 18.2 Å². The lowest BCUT2D eigenvalue weighted by atomic mass is 10.1. The van der Waals surface area contributed by atoms with E-state index < -0.39 is 0 Å². The molecule has 0 fully saturated rings. The van der Waals surface area contributed by atoms with E-state index in [9.17, 15) is 4.79 Å². The standard InChI is InChI=1S/C16H25NO2/c1-6-17(7-2)11-15(18)14-10-13(5)8-9-16(14)19-12(3)4/h8-10,12H,6-7,11H2,1-5H3. The number of aryl methyl sites for hydroxylation is 1. The number of likely N-dealkylation sites (N-methyl/N-ethyl adjacent to an activating group) is 1. The van der Waals surface area contributed by atoms with Crippen LogP contribution in [0.25, 0.3) is 0 Å². The van der Waals surface area contributed by atoms with Crippen LogP contribution in [0.5, 0.6) is 5.75 Å². The fraction of sp³-hybridized carbons (Fsp3) is 0.562. The molecule has 0 aliphatic rings. The number of benzene rings is 1. The molecule has 3 nitrogen and oxygen atoms in total. The molecule has 0 aliphatic carbocycles. The summed E-state index contributed by atoms with van der Waals surface area (Å²) in [6, 6.07) is 5.79. The van der Waals surface area contributed by atoms with Gasteiger partial charge in [0.2, 0.25) is 0 Å². The molecule has 106 valence electrons. The maximum absolute atomic E-state index is 12.4. The fourth-order valence-corrected chi connectivity index (χ4v) is 1.95. The SMILES string of the molecule is CCN(CC)CC(=O)c1cc(C)ccc1OC(C)C. The van der Waals surface area contributed by atoms with E-state index in [1.807, 2.05) is 39.0 Å². The number of ketones is 1. The number of ether oxygens (including phenoxy) is 1. The number of hydrogen-bond acceptors (Lipinski definition) is 3. The normalized spacial score (nSPS) is 11.1. The van der Waals surface area contributed by atoms with Gasteiger partial charge in [0.15, 0.2) is 5.78 Å². The molecule has 0 saturated carbocycles. The number of carbonyl (C=O) groups excluding carboxylic acids is 1. The monoisotopic (exact) mass is 263 g/mol. The van der Waals surface area contributed by atoms with Crippen molar-refractivity contribution >= 4 is 5.78 Å². The summed E-state index contributed by atoms with van der Waals surface area (Å²) in [4.78, 5) is 14.5. The Hall–Kier alpha value is -1.35. The molecule has 0 aromatic heterocycles. The van der Waals surface area contributed by atoms with Crippen LogP contribution in [0, 0.1) is 6.92 Å². The molecule has 3 heteroatoms. The van der Waals surface area contributed by atoms with Crippen LogP contribution in [-0.2, 0) is 0 Å². The number of nitrogens with zero attached hydrogens (tertiary/aromatic N) is 1. The lowest BCUT2D eigenvalue weighted by Crippen LogP contribution is -2.29. The summed E-state index contributed by atoms with van der Waals surface area (Å²) in [6.07, 6.45) is 0.0720. The summed E-state index contributed by atoms with van der Waals surface area (Å²) in [6.45, 7) is 12.3. The number of hydrogen-bond donors (Lipinski definition) is 0. The Morgan fingerprint density at radius 3 is 2.42 bits per heavy atom. The average molecular weight is 263 g/mol. The largest absolute Gasteiger partial charge is 0.490 e. The van der Waals surface area contributed by atoms with Crippen molar-refractivity contribution in [1.82, 2.24) is 4.90 Å². The molecule has 0 unspecified atom stereocenters. The van der Waals surface area contributed by atoms with Crippen molar-refractivity contribution in [1.29, 1.82) is 0 Å². The molecular formula is C16H25NO2. The van der Waals surface area contributed by atoms with Gasteiger partial charge in [-0.05, 0) is 46.0 Å². The number of rotatable bonds is 7. The van der Waals surface area contributed by atoms with Gasteiger partial charge in [-0.25, -0.2) is 0 Å². The predicted molar refractivity (Wildman–Crippen MR) is 79.1 cm³/mol. The van der Waals surface area contributed by atoms with Crippen molar-refractivity contribution in [2.75, 3.05) is 19.6 Å². The maximum Gasteiger partial charge on any atom is 0.180 e. The van der Waals surface area contributed by atoms with Gasteiger partial charge in [0.25, 0.3) is 0 Å². The molecule has 1 aromatic carbocycles. The first-order valence-electron chi connectivity index (χ1n) is 7.00. The van der Waals surface area contributed by atoms with Crippen molar-refractivity contribution in [3.63, 3.8) is 0 Å². The van der Waals surface area contributed by atoms with Gasteiger partial charge in [-0.2, -0.15) is 0 Å². The lowest BCUT2D eigenvalue weighted by Gasteiger charge is -2.19. The molecule has 0 aliphatic heterocycles. The third-order valence-electron chi connectivity index (χ3n) is 3.06. The zero-order valence-electron chi connectivity index (χ0n) is 12.7. The Kier molecular flexibility index (Phi) is 6.03.